The topological polar surface area (TPSA) is 20.2 Å². The molecule has 1 N–H and O–H groups in total. The fraction of sp³-hybridized carbons (Fsp3) is 0.704. The molecule has 0 heterocycles. The standard InChI is InChI=1S/C27H40O/c1-17(2)18(3)6-7-19(4)25-12-13-26-24-10-8-20-16-21(28)9-11-22(20)23(24)14-15-27(25,26)5/h8,10,17,19,21,25-26,28H,3,6-7,9,11-16H2,1-2,4-5H3/t19-,21+,25?,26+,27-/m1/s1. The molecule has 154 valence electrons. The first-order valence-corrected chi connectivity index (χ1v) is 11.8. The lowest BCUT2D eigenvalue weighted by atomic mass is 9.59. The van der Waals surface area contributed by atoms with Crippen LogP contribution in [0.4, 0.5) is 0 Å². The molecule has 1 nitrogen and oxygen atoms in total. The van der Waals surface area contributed by atoms with Crippen molar-refractivity contribution < 1.29 is 5.11 Å². The molecule has 3 aliphatic carbocycles. The second kappa shape index (κ2) is 7.63. The van der Waals surface area contributed by atoms with Crippen molar-refractivity contribution in [1.29, 1.82) is 0 Å². The minimum Gasteiger partial charge on any atom is -0.393 e. The van der Waals surface area contributed by atoms with Gasteiger partial charge in [-0.25, -0.2) is 0 Å². The molecule has 0 aliphatic heterocycles. The summed E-state index contributed by atoms with van der Waals surface area (Å²) in [6, 6.07) is 4.80. The van der Waals surface area contributed by atoms with Crippen molar-refractivity contribution in [3.8, 4) is 0 Å². The van der Waals surface area contributed by atoms with Crippen LogP contribution in [0.3, 0.4) is 0 Å². The van der Waals surface area contributed by atoms with E-state index in [2.05, 4.69) is 46.4 Å². The van der Waals surface area contributed by atoms with Gasteiger partial charge in [-0.2, -0.15) is 0 Å². The van der Waals surface area contributed by atoms with Crippen LogP contribution in [-0.4, -0.2) is 11.2 Å². The number of benzene rings is 1. The first-order chi connectivity index (χ1) is 13.3. The van der Waals surface area contributed by atoms with Gasteiger partial charge in [0, 0.05) is 0 Å². The summed E-state index contributed by atoms with van der Waals surface area (Å²) in [6.45, 7) is 14.0. The van der Waals surface area contributed by atoms with Crippen LogP contribution in [0.15, 0.2) is 24.3 Å². The lowest BCUT2D eigenvalue weighted by Gasteiger charge is -2.45. The highest BCUT2D eigenvalue weighted by molar-refractivity contribution is 5.47. The summed E-state index contributed by atoms with van der Waals surface area (Å²) in [7, 11) is 0. The van der Waals surface area contributed by atoms with E-state index < -0.39 is 0 Å². The molecule has 5 atom stereocenters. The maximum atomic E-state index is 10.1. The van der Waals surface area contributed by atoms with E-state index in [1.54, 1.807) is 16.7 Å². The van der Waals surface area contributed by atoms with Gasteiger partial charge < -0.3 is 5.11 Å². The monoisotopic (exact) mass is 380 g/mol. The Kier molecular flexibility index (Phi) is 5.51. The molecule has 0 saturated heterocycles. The second-order valence-electron chi connectivity index (χ2n) is 10.7. The molecule has 0 spiro atoms. The molecule has 1 unspecified atom stereocenters. The second-order valence-corrected chi connectivity index (χ2v) is 10.7. The summed E-state index contributed by atoms with van der Waals surface area (Å²) in [5, 5.41) is 10.1. The van der Waals surface area contributed by atoms with Crippen LogP contribution in [0.2, 0.25) is 0 Å². The highest BCUT2D eigenvalue weighted by Crippen LogP contribution is 2.61. The summed E-state index contributed by atoms with van der Waals surface area (Å²) >= 11 is 0. The van der Waals surface area contributed by atoms with E-state index in [9.17, 15) is 5.11 Å². The maximum absolute atomic E-state index is 10.1. The van der Waals surface area contributed by atoms with Gasteiger partial charge >= 0.3 is 0 Å². The number of allylic oxidation sites excluding steroid dienone is 1. The van der Waals surface area contributed by atoms with E-state index >= 15 is 0 Å². The molecular weight excluding hydrogens is 340 g/mol. The van der Waals surface area contributed by atoms with Crippen LogP contribution >= 0.6 is 0 Å². The summed E-state index contributed by atoms with van der Waals surface area (Å²) in [5.41, 5.74) is 8.27. The lowest BCUT2D eigenvalue weighted by molar-refractivity contribution is 0.120. The van der Waals surface area contributed by atoms with E-state index in [4.69, 9.17) is 0 Å². The molecule has 1 aromatic rings. The average Bonchev–Trinajstić information content (AvgIpc) is 3.02. The minimum atomic E-state index is -0.128. The molecule has 1 fully saturated rings. The van der Waals surface area contributed by atoms with Gasteiger partial charge in [-0.05, 0) is 109 Å². The lowest BCUT2D eigenvalue weighted by Crippen LogP contribution is -2.36. The Balaban J connectivity index is 1.54. The van der Waals surface area contributed by atoms with Crippen molar-refractivity contribution in [2.45, 2.75) is 97.5 Å². The summed E-state index contributed by atoms with van der Waals surface area (Å²) < 4.78 is 0. The largest absolute Gasteiger partial charge is 0.393 e. The SMILES string of the molecule is C=C(CC[C@@H](C)C1CC[C@H]2c3ccc4c(c3CC[C@]12C)CC[C@H](O)C4)C(C)C. The number of aliphatic hydroxyl groups excluding tert-OH is 1. The molecule has 0 aromatic heterocycles. The Bertz CT molecular complexity index is 745. The van der Waals surface area contributed by atoms with Gasteiger partial charge in [0.1, 0.15) is 0 Å². The molecule has 0 bridgehead atoms. The number of fused-ring (bicyclic) bond motifs is 5. The maximum Gasteiger partial charge on any atom is 0.0583 e. The van der Waals surface area contributed by atoms with Gasteiger partial charge in [-0.15, -0.1) is 0 Å². The summed E-state index contributed by atoms with van der Waals surface area (Å²) in [5.74, 6) is 3.00. The Morgan fingerprint density at radius 1 is 1.14 bits per heavy atom. The molecule has 0 radical (unpaired) electrons. The van der Waals surface area contributed by atoms with Crippen LogP contribution in [0.5, 0.6) is 0 Å². The fourth-order valence-electron chi connectivity index (χ4n) is 6.92. The Morgan fingerprint density at radius 3 is 2.68 bits per heavy atom. The van der Waals surface area contributed by atoms with Gasteiger partial charge in [0.05, 0.1) is 6.10 Å². The van der Waals surface area contributed by atoms with Crippen molar-refractivity contribution >= 4 is 0 Å². The third kappa shape index (κ3) is 3.38. The number of hydrogen-bond donors (Lipinski definition) is 1. The van der Waals surface area contributed by atoms with Gasteiger partial charge in [0.2, 0.25) is 0 Å². The number of aliphatic hydroxyl groups is 1. The molecule has 3 aliphatic rings. The molecule has 0 amide bonds. The van der Waals surface area contributed by atoms with Crippen molar-refractivity contribution in [2.24, 2.45) is 23.2 Å². The zero-order valence-electron chi connectivity index (χ0n) is 18.6. The van der Waals surface area contributed by atoms with Crippen LogP contribution in [0.1, 0.15) is 94.4 Å². The van der Waals surface area contributed by atoms with E-state index in [-0.39, 0.29) is 6.10 Å². The van der Waals surface area contributed by atoms with Gasteiger partial charge in [-0.1, -0.05) is 52.0 Å². The highest BCUT2D eigenvalue weighted by atomic mass is 16.3. The zero-order chi connectivity index (χ0) is 20.1. The van der Waals surface area contributed by atoms with Gasteiger partial charge in [-0.3, -0.25) is 0 Å². The fourth-order valence-corrected chi connectivity index (χ4v) is 6.92. The van der Waals surface area contributed by atoms with Gasteiger partial charge in [0.15, 0.2) is 0 Å². The third-order valence-electron chi connectivity index (χ3n) is 8.87. The molecule has 28 heavy (non-hydrogen) atoms. The van der Waals surface area contributed by atoms with E-state index in [0.29, 0.717) is 11.3 Å². The van der Waals surface area contributed by atoms with E-state index in [1.165, 1.54) is 49.7 Å². The number of rotatable bonds is 5. The number of hydrogen-bond acceptors (Lipinski definition) is 1. The molecule has 1 saturated carbocycles. The zero-order valence-corrected chi connectivity index (χ0v) is 18.6. The average molecular weight is 381 g/mol. The predicted molar refractivity (Wildman–Crippen MR) is 119 cm³/mol. The van der Waals surface area contributed by atoms with Crippen molar-refractivity contribution in [3.05, 3.63) is 46.5 Å². The smallest absolute Gasteiger partial charge is 0.0583 e. The van der Waals surface area contributed by atoms with Crippen LogP contribution < -0.4 is 0 Å². The van der Waals surface area contributed by atoms with Crippen LogP contribution in [-0.2, 0) is 19.3 Å². The van der Waals surface area contributed by atoms with Crippen molar-refractivity contribution in [3.63, 3.8) is 0 Å². The molecule has 1 heteroatoms. The minimum absolute atomic E-state index is 0.128. The first-order valence-electron chi connectivity index (χ1n) is 11.8. The Hall–Kier alpha value is -1.08. The quantitative estimate of drug-likeness (QED) is 0.570. The Labute approximate surface area is 172 Å². The summed E-state index contributed by atoms with van der Waals surface area (Å²) in [6.07, 6.45) is 10.6. The normalized spacial score (nSPS) is 32.6. The highest BCUT2D eigenvalue weighted by Gasteiger charge is 2.51. The third-order valence-corrected chi connectivity index (χ3v) is 8.87. The molecule has 1 aromatic carbocycles. The van der Waals surface area contributed by atoms with Crippen LogP contribution in [0, 0.1) is 23.2 Å². The van der Waals surface area contributed by atoms with Crippen molar-refractivity contribution in [1.82, 2.24) is 0 Å². The van der Waals surface area contributed by atoms with E-state index in [0.717, 1.165) is 37.0 Å². The molecule has 4 rings (SSSR count). The summed E-state index contributed by atoms with van der Waals surface area (Å²) in [4.78, 5) is 0. The van der Waals surface area contributed by atoms with E-state index in [1.807, 2.05) is 0 Å². The van der Waals surface area contributed by atoms with Crippen molar-refractivity contribution in [2.75, 3.05) is 0 Å². The molecular formula is C27H40O. The van der Waals surface area contributed by atoms with Gasteiger partial charge in [0.25, 0.3) is 0 Å². The predicted octanol–water partition coefficient (Wildman–Crippen LogP) is 6.61. The Morgan fingerprint density at radius 2 is 1.93 bits per heavy atom. The van der Waals surface area contributed by atoms with Crippen LogP contribution in [0.25, 0.3) is 0 Å². The first kappa shape index (κ1) is 20.2.